The lowest BCUT2D eigenvalue weighted by atomic mass is 9.95. The maximum absolute atomic E-state index is 12.2. The van der Waals surface area contributed by atoms with E-state index in [0.29, 0.717) is 23.4 Å². The fraction of sp³-hybridized carbons (Fsp3) is 0.538. The van der Waals surface area contributed by atoms with E-state index in [1.807, 2.05) is 13.8 Å². The molecule has 4 nitrogen and oxygen atoms in total. The molecule has 0 unspecified atom stereocenters. The third-order valence-electron chi connectivity index (χ3n) is 3.45. The van der Waals surface area contributed by atoms with Crippen molar-refractivity contribution in [3.8, 4) is 0 Å². The fourth-order valence-electron chi connectivity index (χ4n) is 1.73. The Morgan fingerprint density at radius 3 is 2.37 bits per heavy atom. The summed E-state index contributed by atoms with van der Waals surface area (Å²) in [5, 5.41) is 0.520. The van der Waals surface area contributed by atoms with Crippen molar-refractivity contribution in [1.82, 2.24) is 4.72 Å². The van der Waals surface area contributed by atoms with Crippen LogP contribution in [0.5, 0.6) is 0 Å². The van der Waals surface area contributed by atoms with Gasteiger partial charge in [0.05, 0.1) is 4.90 Å². The molecule has 0 aliphatic rings. The minimum atomic E-state index is -3.55. The summed E-state index contributed by atoms with van der Waals surface area (Å²) < 4.78 is 27.0. The third kappa shape index (κ3) is 4.18. The second-order valence-electron chi connectivity index (χ2n) is 4.80. The first-order valence-corrected chi connectivity index (χ1v) is 8.15. The molecule has 0 heterocycles. The van der Waals surface area contributed by atoms with Gasteiger partial charge in [-0.2, -0.15) is 0 Å². The SMILES string of the molecule is CCC(N)(CC)CNS(=O)(=O)c1ccc(Cl)cc1C. The molecule has 0 bridgehead atoms. The largest absolute Gasteiger partial charge is 0.324 e. The fourth-order valence-corrected chi connectivity index (χ4v) is 3.32. The molecular formula is C13H21ClN2O2S. The van der Waals surface area contributed by atoms with Gasteiger partial charge in [0.25, 0.3) is 0 Å². The summed E-state index contributed by atoms with van der Waals surface area (Å²) in [6.07, 6.45) is 1.43. The average Bonchev–Trinajstić information content (AvgIpc) is 2.35. The standard InChI is InChI=1S/C13H21ClN2O2S/c1-4-13(15,5-2)9-16-19(17,18)12-7-6-11(14)8-10(12)3/h6-8,16H,4-5,9,15H2,1-3H3. The molecule has 0 aliphatic heterocycles. The number of benzene rings is 1. The lowest BCUT2D eigenvalue weighted by Crippen LogP contribution is -2.49. The molecule has 0 fully saturated rings. The Hall–Kier alpha value is -0.620. The minimum absolute atomic E-state index is 0.227. The van der Waals surface area contributed by atoms with E-state index >= 15 is 0 Å². The van der Waals surface area contributed by atoms with Crippen LogP contribution in [0.4, 0.5) is 0 Å². The van der Waals surface area contributed by atoms with E-state index in [4.69, 9.17) is 17.3 Å². The van der Waals surface area contributed by atoms with Crippen LogP contribution >= 0.6 is 11.6 Å². The van der Waals surface area contributed by atoms with Crippen LogP contribution in [0.15, 0.2) is 23.1 Å². The zero-order chi connectivity index (χ0) is 14.7. The van der Waals surface area contributed by atoms with Gasteiger partial charge >= 0.3 is 0 Å². The quantitative estimate of drug-likeness (QED) is 0.848. The molecule has 0 atom stereocenters. The number of sulfonamides is 1. The van der Waals surface area contributed by atoms with Crippen molar-refractivity contribution in [2.75, 3.05) is 6.54 Å². The van der Waals surface area contributed by atoms with Crippen molar-refractivity contribution in [2.24, 2.45) is 5.73 Å². The molecule has 0 aromatic heterocycles. The van der Waals surface area contributed by atoms with Gasteiger partial charge in [0, 0.05) is 17.1 Å². The van der Waals surface area contributed by atoms with Gasteiger partial charge in [0.2, 0.25) is 10.0 Å². The van der Waals surface area contributed by atoms with Crippen molar-refractivity contribution in [3.63, 3.8) is 0 Å². The van der Waals surface area contributed by atoms with Crippen molar-refractivity contribution >= 4 is 21.6 Å². The number of aryl methyl sites for hydroxylation is 1. The van der Waals surface area contributed by atoms with Gasteiger partial charge in [-0.1, -0.05) is 25.4 Å². The number of hydrogen-bond acceptors (Lipinski definition) is 3. The van der Waals surface area contributed by atoms with Gasteiger partial charge < -0.3 is 5.73 Å². The van der Waals surface area contributed by atoms with Crippen LogP contribution in [-0.4, -0.2) is 20.5 Å². The Kier molecular flexibility index (Phi) is 5.38. The normalized spacial score (nSPS) is 12.7. The molecule has 1 aromatic carbocycles. The zero-order valence-corrected chi connectivity index (χ0v) is 13.1. The molecule has 0 radical (unpaired) electrons. The van der Waals surface area contributed by atoms with Crippen molar-refractivity contribution in [1.29, 1.82) is 0 Å². The van der Waals surface area contributed by atoms with E-state index in [9.17, 15) is 8.42 Å². The third-order valence-corrected chi connectivity index (χ3v) is 5.25. The number of halogens is 1. The van der Waals surface area contributed by atoms with E-state index < -0.39 is 15.6 Å². The van der Waals surface area contributed by atoms with Crippen LogP contribution in [0.2, 0.25) is 5.02 Å². The molecule has 0 amide bonds. The van der Waals surface area contributed by atoms with E-state index in [-0.39, 0.29) is 11.4 Å². The summed E-state index contributed by atoms with van der Waals surface area (Å²) in [4.78, 5) is 0.242. The minimum Gasteiger partial charge on any atom is -0.324 e. The molecule has 19 heavy (non-hydrogen) atoms. The molecule has 0 saturated heterocycles. The first kappa shape index (κ1) is 16.4. The number of hydrogen-bond donors (Lipinski definition) is 2. The second-order valence-corrected chi connectivity index (χ2v) is 6.98. The highest BCUT2D eigenvalue weighted by Crippen LogP contribution is 2.20. The molecule has 3 N–H and O–H groups in total. The summed E-state index contributed by atoms with van der Waals surface area (Å²) >= 11 is 5.83. The van der Waals surface area contributed by atoms with Gasteiger partial charge in [-0.25, -0.2) is 13.1 Å². The summed E-state index contributed by atoms with van der Waals surface area (Å²) in [7, 11) is -3.55. The summed E-state index contributed by atoms with van der Waals surface area (Å²) in [6.45, 7) is 5.84. The van der Waals surface area contributed by atoms with Gasteiger partial charge in [0.1, 0.15) is 0 Å². The highest BCUT2D eigenvalue weighted by molar-refractivity contribution is 7.89. The highest BCUT2D eigenvalue weighted by Gasteiger charge is 2.24. The van der Waals surface area contributed by atoms with Crippen LogP contribution in [0.25, 0.3) is 0 Å². The van der Waals surface area contributed by atoms with Gasteiger partial charge in [-0.05, 0) is 43.5 Å². The topological polar surface area (TPSA) is 72.2 Å². The molecular weight excluding hydrogens is 284 g/mol. The van der Waals surface area contributed by atoms with Crippen LogP contribution in [0, 0.1) is 6.92 Å². The van der Waals surface area contributed by atoms with E-state index in [1.165, 1.54) is 6.07 Å². The molecule has 0 saturated carbocycles. The number of nitrogens with one attached hydrogen (secondary N) is 1. The Bertz CT molecular complexity index is 540. The van der Waals surface area contributed by atoms with Crippen LogP contribution in [0.3, 0.4) is 0 Å². The maximum atomic E-state index is 12.2. The number of nitrogens with two attached hydrogens (primary N) is 1. The monoisotopic (exact) mass is 304 g/mol. The Morgan fingerprint density at radius 1 is 1.32 bits per heavy atom. The molecule has 6 heteroatoms. The Morgan fingerprint density at radius 2 is 1.89 bits per heavy atom. The average molecular weight is 305 g/mol. The lowest BCUT2D eigenvalue weighted by Gasteiger charge is -2.26. The summed E-state index contributed by atoms with van der Waals surface area (Å²) in [5.74, 6) is 0. The van der Waals surface area contributed by atoms with E-state index in [0.717, 1.165) is 0 Å². The predicted octanol–water partition coefficient (Wildman–Crippen LogP) is 2.44. The van der Waals surface area contributed by atoms with Crippen molar-refractivity contribution < 1.29 is 8.42 Å². The van der Waals surface area contributed by atoms with Crippen LogP contribution in [-0.2, 0) is 10.0 Å². The lowest BCUT2D eigenvalue weighted by molar-refractivity contribution is 0.391. The first-order valence-electron chi connectivity index (χ1n) is 6.29. The molecule has 108 valence electrons. The smallest absolute Gasteiger partial charge is 0.240 e. The Balaban J connectivity index is 2.93. The second kappa shape index (κ2) is 6.22. The predicted molar refractivity (Wildman–Crippen MR) is 78.9 cm³/mol. The molecule has 0 spiro atoms. The zero-order valence-electron chi connectivity index (χ0n) is 11.5. The summed E-state index contributed by atoms with van der Waals surface area (Å²) in [5.41, 5.74) is 6.21. The van der Waals surface area contributed by atoms with Gasteiger partial charge in [-0.3, -0.25) is 0 Å². The number of rotatable bonds is 6. The van der Waals surface area contributed by atoms with E-state index in [2.05, 4.69) is 4.72 Å². The molecule has 0 aliphatic carbocycles. The summed E-state index contributed by atoms with van der Waals surface area (Å²) in [6, 6.07) is 4.71. The highest BCUT2D eigenvalue weighted by atomic mass is 35.5. The van der Waals surface area contributed by atoms with Crippen LogP contribution in [0.1, 0.15) is 32.3 Å². The Labute approximate surface area is 120 Å². The van der Waals surface area contributed by atoms with Gasteiger partial charge in [0.15, 0.2) is 0 Å². The van der Waals surface area contributed by atoms with Crippen molar-refractivity contribution in [2.45, 2.75) is 44.0 Å². The molecule has 1 aromatic rings. The van der Waals surface area contributed by atoms with Crippen molar-refractivity contribution in [3.05, 3.63) is 28.8 Å². The van der Waals surface area contributed by atoms with E-state index in [1.54, 1.807) is 19.1 Å². The van der Waals surface area contributed by atoms with Gasteiger partial charge in [-0.15, -0.1) is 0 Å². The first-order chi connectivity index (χ1) is 8.74. The molecule has 1 rings (SSSR count). The maximum Gasteiger partial charge on any atom is 0.240 e. The van der Waals surface area contributed by atoms with Crippen LogP contribution < -0.4 is 10.5 Å².